The number of hydrogen-bond donors (Lipinski definition) is 0. The van der Waals surface area contributed by atoms with E-state index >= 15 is 0 Å². The number of carbonyl (C=O) groups is 1. The molecule has 1 aromatic heterocycles. The molecule has 1 heterocycles. The zero-order chi connectivity index (χ0) is 12.0. The molecule has 0 aliphatic carbocycles. The lowest BCUT2D eigenvalue weighted by Crippen LogP contribution is -2.36. The Hall–Kier alpha value is -2.18. The van der Waals surface area contributed by atoms with E-state index in [2.05, 4.69) is 9.72 Å². The van der Waals surface area contributed by atoms with Gasteiger partial charge in [-0.1, -0.05) is 0 Å². The van der Waals surface area contributed by atoms with Gasteiger partial charge in [-0.05, 0) is 19.1 Å². The number of nitrogens with zero attached hydrogens (tertiary/aromatic N) is 2. The van der Waals surface area contributed by atoms with Crippen molar-refractivity contribution in [1.29, 1.82) is 0 Å². The normalized spacial score (nSPS) is 11.6. The van der Waals surface area contributed by atoms with E-state index in [4.69, 9.17) is 4.74 Å². The van der Waals surface area contributed by atoms with Crippen LogP contribution < -0.4 is 4.74 Å². The average Bonchev–Trinajstić information content (AvgIpc) is 2.27. The molecule has 0 aliphatic rings. The van der Waals surface area contributed by atoms with Gasteiger partial charge in [-0.25, -0.2) is 4.79 Å². The molecule has 7 heteroatoms. The molecular weight excluding hydrogens is 216 g/mol. The highest BCUT2D eigenvalue weighted by Gasteiger charge is 2.33. The molecule has 1 atom stereocenters. The highest BCUT2D eigenvalue weighted by atomic mass is 16.7. The molecule has 0 saturated carbocycles. The van der Waals surface area contributed by atoms with Crippen LogP contribution in [0.1, 0.15) is 6.92 Å². The summed E-state index contributed by atoms with van der Waals surface area (Å²) in [6.45, 7) is 1.61. The van der Waals surface area contributed by atoms with E-state index in [0.717, 1.165) is 0 Å². The van der Waals surface area contributed by atoms with Crippen molar-refractivity contribution >= 4 is 5.97 Å². The predicted molar refractivity (Wildman–Crippen MR) is 52.3 cm³/mol. The molecule has 1 rings (SSSR count). The summed E-state index contributed by atoms with van der Waals surface area (Å²) in [5, 5.41) is 10.6. The molecule has 1 aromatic rings. The van der Waals surface area contributed by atoms with E-state index < -0.39 is 17.1 Å². The number of pyridine rings is 1. The van der Waals surface area contributed by atoms with Crippen molar-refractivity contribution in [1.82, 2.24) is 4.98 Å². The molecular formula is C9H10N2O5. The number of hydrogen-bond acceptors (Lipinski definition) is 6. The summed E-state index contributed by atoms with van der Waals surface area (Å²) in [6, 6.07) is 3.00. The maximum Gasteiger partial charge on any atom is 0.452 e. The van der Waals surface area contributed by atoms with Gasteiger partial charge in [0.2, 0.25) is 0 Å². The molecule has 16 heavy (non-hydrogen) atoms. The van der Waals surface area contributed by atoms with Crippen LogP contribution in [0, 0.1) is 10.1 Å². The van der Waals surface area contributed by atoms with Gasteiger partial charge in [0.15, 0.2) is 0 Å². The Balaban J connectivity index is 2.73. The minimum absolute atomic E-state index is 0.0551. The highest BCUT2D eigenvalue weighted by Crippen LogP contribution is 2.10. The lowest BCUT2D eigenvalue weighted by atomic mass is 10.4. The van der Waals surface area contributed by atoms with Crippen molar-refractivity contribution in [2.45, 2.75) is 13.2 Å². The fraction of sp³-hybridized carbons (Fsp3) is 0.333. The molecule has 1 unspecified atom stereocenters. The Labute approximate surface area is 91.2 Å². The van der Waals surface area contributed by atoms with Gasteiger partial charge >= 0.3 is 12.2 Å². The third-order valence-electron chi connectivity index (χ3n) is 1.56. The van der Waals surface area contributed by atoms with Gasteiger partial charge in [0.05, 0.1) is 17.7 Å². The molecule has 86 valence electrons. The lowest BCUT2D eigenvalue weighted by Gasteiger charge is -2.09. The van der Waals surface area contributed by atoms with Gasteiger partial charge in [0, 0.05) is 6.20 Å². The maximum atomic E-state index is 11.2. The molecule has 0 spiro atoms. The Kier molecular flexibility index (Phi) is 4.19. The Morgan fingerprint density at radius 3 is 2.94 bits per heavy atom. The van der Waals surface area contributed by atoms with Crippen LogP contribution in [0.5, 0.6) is 5.75 Å². The van der Waals surface area contributed by atoms with Crippen LogP contribution >= 0.6 is 0 Å². The zero-order valence-electron chi connectivity index (χ0n) is 8.53. The first-order valence-corrected chi connectivity index (χ1v) is 4.52. The summed E-state index contributed by atoms with van der Waals surface area (Å²) >= 11 is 0. The van der Waals surface area contributed by atoms with Crippen molar-refractivity contribution in [2.24, 2.45) is 0 Å². The number of nitro groups is 1. The van der Waals surface area contributed by atoms with E-state index in [1.807, 2.05) is 0 Å². The summed E-state index contributed by atoms with van der Waals surface area (Å²) < 4.78 is 9.37. The Morgan fingerprint density at radius 1 is 1.69 bits per heavy atom. The van der Waals surface area contributed by atoms with Crippen molar-refractivity contribution < 1.29 is 19.2 Å². The van der Waals surface area contributed by atoms with E-state index in [9.17, 15) is 14.9 Å². The SMILES string of the molecule is CCOC(=O)C(Oc1cccnc1)[N+](=O)[O-]. The summed E-state index contributed by atoms with van der Waals surface area (Å²) in [7, 11) is 0. The van der Waals surface area contributed by atoms with E-state index in [1.165, 1.54) is 24.5 Å². The van der Waals surface area contributed by atoms with Crippen LogP contribution in [0.3, 0.4) is 0 Å². The van der Waals surface area contributed by atoms with E-state index in [-0.39, 0.29) is 12.4 Å². The summed E-state index contributed by atoms with van der Waals surface area (Å²) in [6.07, 6.45) is 0.901. The second kappa shape index (κ2) is 5.64. The average molecular weight is 226 g/mol. The highest BCUT2D eigenvalue weighted by molar-refractivity contribution is 5.73. The minimum Gasteiger partial charge on any atom is -0.458 e. The first kappa shape index (κ1) is 11.9. The van der Waals surface area contributed by atoms with Crippen LogP contribution in [0.4, 0.5) is 0 Å². The molecule has 0 fully saturated rings. The van der Waals surface area contributed by atoms with Gasteiger partial charge in [0.25, 0.3) is 0 Å². The number of esters is 1. The van der Waals surface area contributed by atoms with Crippen LogP contribution in [0.15, 0.2) is 24.5 Å². The molecule has 0 N–H and O–H groups in total. The second-order valence-corrected chi connectivity index (χ2v) is 2.70. The van der Waals surface area contributed by atoms with Gasteiger partial charge in [-0.15, -0.1) is 0 Å². The molecule has 0 amide bonds. The van der Waals surface area contributed by atoms with Crippen LogP contribution in [0.25, 0.3) is 0 Å². The molecule has 0 aromatic carbocycles. The topological polar surface area (TPSA) is 91.6 Å². The van der Waals surface area contributed by atoms with E-state index in [1.54, 1.807) is 6.92 Å². The molecule has 0 saturated heterocycles. The predicted octanol–water partition coefficient (Wildman–Crippen LogP) is 0.626. The zero-order valence-corrected chi connectivity index (χ0v) is 8.53. The summed E-state index contributed by atoms with van der Waals surface area (Å²) in [4.78, 5) is 24.6. The fourth-order valence-corrected chi connectivity index (χ4v) is 0.936. The van der Waals surface area contributed by atoms with Crippen LogP contribution in [-0.2, 0) is 9.53 Å². The smallest absolute Gasteiger partial charge is 0.452 e. The third-order valence-corrected chi connectivity index (χ3v) is 1.56. The van der Waals surface area contributed by atoms with Crippen molar-refractivity contribution in [3.8, 4) is 5.75 Å². The summed E-state index contributed by atoms with van der Waals surface area (Å²) in [5.74, 6) is -0.895. The Morgan fingerprint density at radius 2 is 2.44 bits per heavy atom. The number of ether oxygens (including phenoxy) is 2. The Bertz CT molecular complexity index is 367. The number of aromatic nitrogens is 1. The van der Waals surface area contributed by atoms with Gasteiger partial charge in [-0.3, -0.25) is 15.1 Å². The van der Waals surface area contributed by atoms with Crippen molar-refractivity contribution in [3.63, 3.8) is 0 Å². The standard InChI is InChI=1S/C9H10N2O5/c1-2-15-9(12)8(11(13)14)16-7-4-3-5-10-6-7/h3-6,8H,2H2,1H3. The van der Waals surface area contributed by atoms with Crippen LogP contribution in [0.2, 0.25) is 0 Å². The van der Waals surface area contributed by atoms with Gasteiger partial charge in [-0.2, -0.15) is 0 Å². The van der Waals surface area contributed by atoms with Crippen LogP contribution in [-0.4, -0.2) is 28.7 Å². The first-order chi connectivity index (χ1) is 7.65. The third kappa shape index (κ3) is 3.19. The minimum atomic E-state index is -1.86. The largest absolute Gasteiger partial charge is 0.458 e. The maximum absolute atomic E-state index is 11.2. The quantitative estimate of drug-likeness (QED) is 0.316. The van der Waals surface area contributed by atoms with Crippen molar-refractivity contribution in [2.75, 3.05) is 6.61 Å². The fourth-order valence-electron chi connectivity index (χ4n) is 0.936. The monoisotopic (exact) mass is 226 g/mol. The second-order valence-electron chi connectivity index (χ2n) is 2.70. The molecule has 0 bridgehead atoms. The van der Waals surface area contributed by atoms with Gasteiger partial charge < -0.3 is 9.47 Å². The summed E-state index contributed by atoms with van der Waals surface area (Å²) in [5.41, 5.74) is 0. The number of carbonyl (C=O) groups excluding carboxylic acids is 1. The number of rotatable bonds is 5. The lowest BCUT2D eigenvalue weighted by molar-refractivity contribution is -0.548. The molecule has 0 radical (unpaired) electrons. The molecule has 0 aliphatic heterocycles. The van der Waals surface area contributed by atoms with Gasteiger partial charge in [0.1, 0.15) is 5.75 Å². The molecule has 7 nitrogen and oxygen atoms in total. The van der Waals surface area contributed by atoms with E-state index in [0.29, 0.717) is 0 Å². The van der Waals surface area contributed by atoms with Crippen molar-refractivity contribution in [3.05, 3.63) is 34.6 Å². The first-order valence-electron chi connectivity index (χ1n) is 4.52.